The van der Waals surface area contributed by atoms with Gasteiger partial charge in [0.05, 0.1) is 11.6 Å². The van der Waals surface area contributed by atoms with Gasteiger partial charge in [-0.25, -0.2) is 9.97 Å². The van der Waals surface area contributed by atoms with Crippen LogP contribution in [0.25, 0.3) is 11.5 Å². The Morgan fingerprint density at radius 3 is 3.04 bits per heavy atom. The molecule has 0 aliphatic carbocycles. The molecule has 1 unspecified atom stereocenters. The number of fused-ring (bicyclic) bond motifs is 1. The number of hydrogen-bond donors (Lipinski definition) is 2. The minimum absolute atomic E-state index is 0.112. The fraction of sp³-hybridized carbons (Fsp3) is 0.444. The molecule has 1 saturated heterocycles. The smallest absolute Gasteiger partial charge is 0.222 e. The molecule has 7 heteroatoms. The van der Waals surface area contributed by atoms with Crippen LogP contribution in [0.1, 0.15) is 24.1 Å². The van der Waals surface area contributed by atoms with Crippen molar-refractivity contribution in [3.63, 3.8) is 0 Å². The highest BCUT2D eigenvalue weighted by molar-refractivity contribution is 5.77. The van der Waals surface area contributed by atoms with Crippen molar-refractivity contribution >= 4 is 11.7 Å². The van der Waals surface area contributed by atoms with Crippen LogP contribution in [-0.2, 0) is 17.8 Å². The predicted molar refractivity (Wildman–Crippen MR) is 94.8 cm³/mol. The van der Waals surface area contributed by atoms with Gasteiger partial charge in [0.15, 0.2) is 5.82 Å². The summed E-state index contributed by atoms with van der Waals surface area (Å²) >= 11 is 0. The van der Waals surface area contributed by atoms with E-state index in [1.165, 1.54) is 5.56 Å². The van der Waals surface area contributed by atoms with Crippen LogP contribution in [0.4, 0.5) is 5.82 Å². The minimum atomic E-state index is -0.223. The number of rotatable bonds is 3. The van der Waals surface area contributed by atoms with E-state index < -0.39 is 0 Å². The zero-order valence-corrected chi connectivity index (χ0v) is 14.1. The zero-order chi connectivity index (χ0) is 17.2. The number of hydrogen-bond acceptors (Lipinski definition) is 6. The Kier molecular flexibility index (Phi) is 4.31. The lowest BCUT2D eigenvalue weighted by Crippen LogP contribution is -2.42. The van der Waals surface area contributed by atoms with Crippen molar-refractivity contribution in [1.82, 2.24) is 20.3 Å². The standard InChI is InChI=1S/C18H22N6O/c19-16(25)12-4-3-9-24(11-12)18-13-6-8-20-10-15(13)22-17(23-18)14-5-1-2-7-21-14/h1-2,5,7,12,20H,3-4,6,8-11H2,(H2,19,25). The highest BCUT2D eigenvalue weighted by atomic mass is 16.1. The van der Waals surface area contributed by atoms with Crippen molar-refractivity contribution in [3.8, 4) is 11.5 Å². The van der Waals surface area contributed by atoms with Crippen molar-refractivity contribution in [2.24, 2.45) is 11.7 Å². The third-order valence-electron chi connectivity index (χ3n) is 4.93. The average Bonchev–Trinajstić information content (AvgIpc) is 2.68. The van der Waals surface area contributed by atoms with Crippen molar-refractivity contribution in [3.05, 3.63) is 35.7 Å². The van der Waals surface area contributed by atoms with Crippen LogP contribution < -0.4 is 16.0 Å². The molecule has 1 atom stereocenters. The highest BCUT2D eigenvalue weighted by Crippen LogP contribution is 2.30. The summed E-state index contributed by atoms with van der Waals surface area (Å²) < 4.78 is 0. The summed E-state index contributed by atoms with van der Waals surface area (Å²) in [6.07, 6.45) is 4.45. The minimum Gasteiger partial charge on any atom is -0.369 e. The summed E-state index contributed by atoms with van der Waals surface area (Å²) in [5.41, 5.74) is 8.52. The average molecular weight is 338 g/mol. The lowest BCUT2D eigenvalue weighted by atomic mass is 9.96. The van der Waals surface area contributed by atoms with Gasteiger partial charge in [-0.3, -0.25) is 9.78 Å². The van der Waals surface area contributed by atoms with Crippen LogP contribution in [0, 0.1) is 5.92 Å². The van der Waals surface area contributed by atoms with Gasteiger partial charge < -0.3 is 16.0 Å². The summed E-state index contributed by atoms with van der Waals surface area (Å²) in [4.78, 5) is 27.8. The summed E-state index contributed by atoms with van der Waals surface area (Å²) in [6.45, 7) is 3.17. The molecule has 1 amide bonds. The molecule has 2 aromatic rings. The van der Waals surface area contributed by atoms with Crippen molar-refractivity contribution in [2.45, 2.75) is 25.8 Å². The fourth-order valence-corrected chi connectivity index (χ4v) is 3.61. The molecule has 0 bridgehead atoms. The van der Waals surface area contributed by atoms with E-state index in [-0.39, 0.29) is 11.8 Å². The monoisotopic (exact) mass is 338 g/mol. The molecule has 25 heavy (non-hydrogen) atoms. The number of nitrogens with two attached hydrogens (primary N) is 1. The second-order valence-electron chi connectivity index (χ2n) is 6.63. The number of carbonyl (C=O) groups is 1. The summed E-state index contributed by atoms with van der Waals surface area (Å²) in [7, 11) is 0. The van der Waals surface area contributed by atoms with Gasteiger partial charge in [0.2, 0.25) is 5.91 Å². The Hall–Kier alpha value is -2.54. The number of piperidine rings is 1. The Labute approximate surface area is 146 Å². The van der Waals surface area contributed by atoms with Gasteiger partial charge in [-0.15, -0.1) is 0 Å². The topological polar surface area (TPSA) is 97.0 Å². The van der Waals surface area contributed by atoms with E-state index in [4.69, 9.17) is 15.7 Å². The maximum absolute atomic E-state index is 11.7. The number of carbonyl (C=O) groups excluding carboxylic acids is 1. The van der Waals surface area contributed by atoms with E-state index in [0.717, 1.165) is 56.1 Å². The Morgan fingerprint density at radius 1 is 1.32 bits per heavy atom. The maximum atomic E-state index is 11.7. The predicted octanol–water partition coefficient (Wildman–Crippen LogP) is 0.886. The van der Waals surface area contributed by atoms with Crippen LogP contribution in [0.15, 0.2) is 24.4 Å². The van der Waals surface area contributed by atoms with Crippen molar-refractivity contribution in [1.29, 1.82) is 0 Å². The molecular weight excluding hydrogens is 316 g/mol. The number of primary amides is 1. The molecule has 0 aromatic carbocycles. The van der Waals surface area contributed by atoms with Gasteiger partial charge in [-0.1, -0.05) is 6.07 Å². The number of nitrogens with zero attached hydrogens (tertiary/aromatic N) is 4. The molecule has 130 valence electrons. The van der Waals surface area contributed by atoms with E-state index in [9.17, 15) is 4.79 Å². The molecule has 2 aliphatic rings. The highest BCUT2D eigenvalue weighted by Gasteiger charge is 2.28. The van der Waals surface area contributed by atoms with Crippen molar-refractivity contribution < 1.29 is 4.79 Å². The van der Waals surface area contributed by atoms with Gasteiger partial charge in [0, 0.05) is 31.4 Å². The Balaban J connectivity index is 1.76. The summed E-state index contributed by atoms with van der Waals surface area (Å²) in [5.74, 6) is 1.25. The number of amides is 1. The van der Waals surface area contributed by atoms with E-state index >= 15 is 0 Å². The summed E-state index contributed by atoms with van der Waals surface area (Å²) in [6, 6.07) is 5.74. The first kappa shape index (κ1) is 16.0. The number of nitrogens with one attached hydrogen (secondary N) is 1. The third kappa shape index (κ3) is 3.19. The normalized spacial score (nSPS) is 20.2. The quantitative estimate of drug-likeness (QED) is 0.862. The van der Waals surface area contributed by atoms with Gasteiger partial charge in [-0.05, 0) is 37.9 Å². The number of anilines is 1. The molecule has 4 rings (SSSR count). The molecule has 2 aromatic heterocycles. The summed E-state index contributed by atoms with van der Waals surface area (Å²) in [5, 5.41) is 3.37. The molecule has 0 saturated carbocycles. The fourth-order valence-electron chi connectivity index (χ4n) is 3.61. The number of aromatic nitrogens is 3. The Bertz CT molecular complexity index is 779. The second-order valence-corrected chi connectivity index (χ2v) is 6.63. The van der Waals surface area contributed by atoms with E-state index in [1.54, 1.807) is 6.20 Å². The molecule has 1 fully saturated rings. The molecule has 3 N–H and O–H groups in total. The van der Waals surface area contributed by atoms with Gasteiger partial charge in [0.25, 0.3) is 0 Å². The first-order valence-corrected chi connectivity index (χ1v) is 8.78. The van der Waals surface area contributed by atoms with E-state index in [2.05, 4.69) is 15.2 Å². The van der Waals surface area contributed by atoms with Crippen LogP contribution in [0.2, 0.25) is 0 Å². The van der Waals surface area contributed by atoms with Crippen LogP contribution in [0.3, 0.4) is 0 Å². The van der Waals surface area contributed by atoms with Gasteiger partial charge >= 0.3 is 0 Å². The SMILES string of the molecule is NC(=O)C1CCCN(c2nc(-c3ccccn3)nc3c2CCNC3)C1. The van der Waals surface area contributed by atoms with Crippen LogP contribution in [-0.4, -0.2) is 40.5 Å². The van der Waals surface area contributed by atoms with Gasteiger partial charge in [0.1, 0.15) is 11.5 Å². The number of pyridine rings is 1. The van der Waals surface area contributed by atoms with Crippen LogP contribution >= 0.6 is 0 Å². The lowest BCUT2D eigenvalue weighted by molar-refractivity contribution is -0.122. The zero-order valence-electron chi connectivity index (χ0n) is 14.1. The molecule has 4 heterocycles. The third-order valence-corrected chi connectivity index (χ3v) is 4.93. The maximum Gasteiger partial charge on any atom is 0.222 e. The van der Waals surface area contributed by atoms with E-state index in [1.807, 2.05) is 18.2 Å². The molecule has 7 nitrogen and oxygen atoms in total. The molecule has 2 aliphatic heterocycles. The molecule has 0 radical (unpaired) electrons. The largest absolute Gasteiger partial charge is 0.369 e. The molecule has 0 spiro atoms. The molecular formula is C18H22N6O. The van der Waals surface area contributed by atoms with E-state index in [0.29, 0.717) is 12.4 Å². The van der Waals surface area contributed by atoms with Crippen molar-refractivity contribution in [2.75, 3.05) is 24.5 Å². The lowest BCUT2D eigenvalue weighted by Gasteiger charge is -2.34. The van der Waals surface area contributed by atoms with Crippen LogP contribution in [0.5, 0.6) is 0 Å². The second kappa shape index (κ2) is 6.76. The first-order chi connectivity index (χ1) is 12.2. The first-order valence-electron chi connectivity index (χ1n) is 8.78. The van der Waals surface area contributed by atoms with Gasteiger partial charge in [-0.2, -0.15) is 0 Å². The Morgan fingerprint density at radius 2 is 2.24 bits per heavy atom.